The van der Waals surface area contributed by atoms with Gasteiger partial charge in [0, 0.05) is 13.7 Å². The first-order valence-corrected chi connectivity index (χ1v) is 5.23. The van der Waals surface area contributed by atoms with Gasteiger partial charge in [-0.05, 0) is 18.1 Å². The first-order chi connectivity index (χ1) is 7.63. The van der Waals surface area contributed by atoms with Crippen LogP contribution in [-0.4, -0.2) is 19.1 Å². The van der Waals surface area contributed by atoms with Gasteiger partial charge in [0.1, 0.15) is 0 Å². The van der Waals surface area contributed by atoms with E-state index in [1.54, 1.807) is 14.0 Å². The summed E-state index contributed by atoms with van der Waals surface area (Å²) in [6.45, 7) is 2.74. The Morgan fingerprint density at radius 1 is 1.47 bits per heavy atom. The molecule has 1 aromatic carbocycles. The molecule has 0 spiro atoms. The lowest BCUT2D eigenvalue weighted by molar-refractivity contribution is -0.122. The van der Waals surface area contributed by atoms with E-state index in [4.69, 9.17) is 10.5 Å². The minimum absolute atomic E-state index is 0. The Labute approximate surface area is 108 Å². The monoisotopic (exact) mass is 258 g/mol. The molecule has 0 aliphatic rings. The second-order valence-electron chi connectivity index (χ2n) is 3.76. The highest BCUT2D eigenvalue weighted by Gasteiger charge is 2.06. The minimum atomic E-state index is -0.470. The van der Waals surface area contributed by atoms with Crippen molar-refractivity contribution in [3.05, 3.63) is 35.4 Å². The van der Waals surface area contributed by atoms with Gasteiger partial charge in [0.2, 0.25) is 5.91 Å². The molecule has 5 heteroatoms. The van der Waals surface area contributed by atoms with Crippen LogP contribution in [0, 0.1) is 0 Å². The molecule has 0 fully saturated rings. The summed E-state index contributed by atoms with van der Waals surface area (Å²) in [5.74, 6) is -0.142. The molecule has 17 heavy (non-hydrogen) atoms. The third-order valence-electron chi connectivity index (χ3n) is 2.18. The van der Waals surface area contributed by atoms with Crippen LogP contribution < -0.4 is 11.1 Å². The summed E-state index contributed by atoms with van der Waals surface area (Å²) in [5, 5.41) is 2.76. The van der Waals surface area contributed by atoms with E-state index in [1.165, 1.54) is 0 Å². The molecule has 0 unspecified atom stereocenters. The van der Waals surface area contributed by atoms with Gasteiger partial charge in [-0.15, -0.1) is 12.4 Å². The molecule has 4 nitrogen and oxygen atoms in total. The lowest BCUT2D eigenvalue weighted by atomic mass is 10.1. The number of nitrogens with two attached hydrogens (primary N) is 1. The number of benzene rings is 1. The predicted octanol–water partition coefficient (Wildman–Crippen LogP) is 1.22. The standard InChI is InChI=1S/C12H18N2O2.ClH/c1-9(13)12(15)14-7-10-4-3-5-11(6-10)8-16-2;/h3-6,9H,7-8,13H2,1-2H3,(H,14,15);1H/t9-;/m0./s1. The van der Waals surface area contributed by atoms with E-state index in [1.807, 2.05) is 24.3 Å². The molecule has 1 atom stereocenters. The SMILES string of the molecule is COCc1cccc(CNC(=O)[C@H](C)N)c1.Cl. The molecular weight excluding hydrogens is 240 g/mol. The molecule has 3 N–H and O–H groups in total. The van der Waals surface area contributed by atoms with Crippen molar-refractivity contribution in [1.82, 2.24) is 5.32 Å². The summed E-state index contributed by atoms with van der Waals surface area (Å²) < 4.78 is 5.04. The number of nitrogens with one attached hydrogen (secondary N) is 1. The van der Waals surface area contributed by atoms with Crippen LogP contribution in [0.3, 0.4) is 0 Å². The zero-order valence-corrected chi connectivity index (χ0v) is 10.9. The fraction of sp³-hybridized carbons (Fsp3) is 0.417. The van der Waals surface area contributed by atoms with E-state index in [2.05, 4.69) is 5.32 Å². The van der Waals surface area contributed by atoms with Crippen molar-refractivity contribution in [1.29, 1.82) is 0 Å². The molecule has 0 radical (unpaired) electrons. The molecule has 0 saturated heterocycles. The quantitative estimate of drug-likeness (QED) is 0.835. The fourth-order valence-corrected chi connectivity index (χ4v) is 1.35. The summed E-state index contributed by atoms with van der Waals surface area (Å²) in [6.07, 6.45) is 0. The third-order valence-corrected chi connectivity index (χ3v) is 2.18. The molecule has 1 amide bonds. The number of rotatable bonds is 5. The molecule has 96 valence electrons. The van der Waals surface area contributed by atoms with Gasteiger partial charge in [-0.3, -0.25) is 4.79 Å². The molecular formula is C12H19ClN2O2. The van der Waals surface area contributed by atoms with Gasteiger partial charge in [-0.2, -0.15) is 0 Å². The van der Waals surface area contributed by atoms with Crippen LogP contribution in [0.5, 0.6) is 0 Å². The molecule has 0 heterocycles. The Morgan fingerprint density at radius 3 is 2.71 bits per heavy atom. The van der Waals surface area contributed by atoms with Crippen LogP contribution >= 0.6 is 12.4 Å². The first kappa shape index (κ1) is 15.9. The number of halogens is 1. The van der Waals surface area contributed by atoms with Gasteiger partial charge in [0.05, 0.1) is 12.6 Å². The molecule has 0 saturated carbocycles. The molecule has 0 aromatic heterocycles. The Morgan fingerprint density at radius 2 is 2.12 bits per heavy atom. The number of hydrogen-bond acceptors (Lipinski definition) is 3. The number of amides is 1. The van der Waals surface area contributed by atoms with E-state index >= 15 is 0 Å². The van der Waals surface area contributed by atoms with Crippen molar-refractivity contribution in [3.8, 4) is 0 Å². The van der Waals surface area contributed by atoms with Gasteiger partial charge in [-0.1, -0.05) is 24.3 Å². The number of carbonyl (C=O) groups is 1. The highest BCUT2D eigenvalue weighted by molar-refractivity contribution is 5.85. The minimum Gasteiger partial charge on any atom is -0.380 e. The normalized spacial score (nSPS) is 11.5. The van der Waals surface area contributed by atoms with Gasteiger partial charge >= 0.3 is 0 Å². The van der Waals surface area contributed by atoms with Crippen molar-refractivity contribution in [2.45, 2.75) is 26.1 Å². The maximum absolute atomic E-state index is 11.3. The lowest BCUT2D eigenvalue weighted by Crippen LogP contribution is -2.37. The van der Waals surface area contributed by atoms with Gasteiger partial charge in [0.15, 0.2) is 0 Å². The Hall–Kier alpha value is -1.10. The number of ether oxygens (including phenoxy) is 1. The van der Waals surface area contributed by atoms with Crippen molar-refractivity contribution >= 4 is 18.3 Å². The van der Waals surface area contributed by atoms with Crippen LogP contribution in [0.2, 0.25) is 0 Å². The maximum Gasteiger partial charge on any atom is 0.236 e. The Balaban J connectivity index is 0.00000256. The molecule has 1 aromatic rings. The molecule has 0 aliphatic carbocycles. The van der Waals surface area contributed by atoms with Crippen molar-refractivity contribution in [2.75, 3.05) is 7.11 Å². The Kier molecular flexibility index (Phi) is 7.54. The zero-order valence-electron chi connectivity index (χ0n) is 10.1. The van der Waals surface area contributed by atoms with Crippen molar-refractivity contribution in [3.63, 3.8) is 0 Å². The van der Waals surface area contributed by atoms with Crippen LogP contribution in [0.4, 0.5) is 0 Å². The van der Waals surface area contributed by atoms with E-state index in [-0.39, 0.29) is 18.3 Å². The Bertz CT molecular complexity index is 356. The van der Waals surface area contributed by atoms with Crippen LogP contribution in [0.1, 0.15) is 18.1 Å². The van der Waals surface area contributed by atoms with Gasteiger partial charge < -0.3 is 15.8 Å². The summed E-state index contributed by atoms with van der Waals surface area (Å²) in [4.78, 5) is 11.3. The highest BCUT2D eigenvalue weighted by atomic mass is 35.5. The summed E-state index contributed by atoms with van der Waals surface area (Å²) in [6, 6.07) is 7.43. The predicted molar refractivity (Wildman–Crippen MR) is 69.9 cm³/mol. The molecule has 1 rings (SSSR count). The van der Waals surface area contributed by atoms with E-state index < -0.39 is 6.04 Å². The number of carbonyl (C=O) groups excluding carboxylic acids is 1. The third kappa shape index (κ3) is 5.68. The van der Waals surface area contributed by atoms with Gasteiger partial charge in [-0.25, -0.2) is 0 Å². The molecule has 0 aliphatic heterocycles. The van der Waals surface area contributed by atoms with Gasteiger partial charge in [0.25, 0.3) is 0 Å². The lowest BCUT2D eigenvalue weighted by Gasteiger charge is -2.08. The smallest absolute Gasteiger partial charge is 0.236 e. The summed E-state index contributed by atoms with van der Waals surface area (Å²) in [7, 11) is 1.66. The average Bonchev–Trinajstić information content (AvgIpc) is 2.26. The average molecular weight is 259 g/mol. The summed E-state index contributed by atoms with van der Waals surface area (Å²) in [5.41, 5.74) is 7.58. The van der Waals surface area contributed by atoms with Crippen molar-refractivity contribution < 1.29 is 9.53 Å². The van der Waals surface area contributed by atoms with Crippen molar-refractivity contribution in [2.24, 2.45) is 5.73 Å². The maximum atomic E-state index is 11.3. The number of hydrogen-bond donors (Lipinski definition) is 2. The van der Waals surface area contributed by atoms with E-state index in [9.17, 15) is 4.79 Å². The molecule has 0 bridgehead atoms. The van der Waals surface area contributed by atoms with Crippen LogP contribution in [0.25, 0.3) is 0 Å². The second-order valence-corrected chi connectivity index (χ2v) is 3.76. The number of methoxy groups -OCH3 is 1. The zero-order chi connectivity index (χ0) is 12.0. The van der Waals surface area contributed by atoms with Crippen LogP contribution in [-0.2, 0) is 22.7 Å². The van der Waals surface area contributed by atoms with E-state index in [0.717, 1.165) is 11.1 Å². The first-order valence-electron chi connectivity index (χ1n) is 5.23. The highest BCUT2D eigenvalue weighted by Crippen LogP contribution is 2.06. The topological polar surface area (TPSA) is 64.3 Å². The second kappa shape index (κ2) is 8.06. The summed E-state index contributed by atoms with van der Waals surface area (Å²) >= 11 is 0. The van der Waals surface area contributed by atoms with Crippen LogP contribution in [0.15, 0.2) is 24.3 Å². The largest absolute Gasteiger partial charge is 0.380 e. The fourth-order valence-electron chi connectivity index (χ4n) is 1.35. The van der Waals surface area contributed by atoms with E-state index in [0.29, 0.717) is 13.2 Å².